The second kappa shape index (κ2) is 4.97. The van der Waals surface area contributed by atoms with Gasteiger partial charge < -0.3 is 0 Å². The smallest absolute Gasteiger partial charge is 0.276 e. The molecule has 1 rings (SSSR count). The van der Waals surface area contributed by atoms with E-state index in [2.05, 4.69) is 4.98 Å². The van der Waals surface area contributed by atoms with Crippen LogP contribution in [0.25, 0.3) is 0 Å². The van der Waals surface area contributed by atoms with E-state index in [0.29, 0.717) is 3.70 Å². The van der Waals surface area contributed by atoms with Crippen LogP contribution in [-0.4, -0.2) is 10.2 Å². The molecule has 14 heavy (non-hydrogen) atoms. The van der Waals surface area contributed by atoms with E-state index in [1.165, 1.54) is 6.07 Å². The van der Waals surface area contributed by atoms with Crippen LogP contribution in [0.3, 0.4) is 0 Å². The van der Waals surface area contributed by atoms with E-state index in [1.807, 2.05) is 0 Å². The monoisotopic (exact) mass is 443 g/mol. The number of hydrogen-bond acceptors (Lipinski definition) is 2. The molecule has 0 aliphatic rings. The van der Waals surface area contributed by atoms with Crippen molar-refractivity contribution in [1.82, 2.24) is 4.98 Å². The zero-order valence-electron chi connectivity index (χ0n) is 6.40. The predicted octanol–water partition coefficient (Wildman–Crippen LogP) is 3.61. The first kappa shape index (κ1) is 12.5. The van der Waals surface area contributed by atoms with E-state index in [4.69, 9.17) is 11.6 Å². The molecule has 0 aliphatic carbocycles. The lowest BCUT2D eigenvalue weighted by molar-refractivity contribution is 0.107. The molecule has 1 aromatic heterocycles. The van der Waals surface area contributed by atoms with Gasteiger partial charge in [-0.3, -0.25) is 4.79 Å². The van der Waals surface area contributed by atoms with E-state index in [1.54, 1.807) is 45.2 Å². The molecule has 0 spiro atoms. The van der Waals surface area contributed by atoms with Crippen molar-refractivity contribution in [1.29, 1.82) is 0 Å². The molecule has 0 aromatic carbocycles. The first-order valence-corrected chi connectivity index (χ1v) is 5.81. The fraction of sp³-hybridized carbons (Fsp3) is 0.143. The Morgan fingerprint density at radius 1 is 1.50 bits per heavy atom. The zero-order valence-corrected chi connectivity index (χ0v) is 11.5. The lowest BCUT2D eigenvalue weighted by Crippen LogP contribution is -2.04. The average molecular weight is 443 g/mol. The second-order valence-electron chi connectivity index (χ2n) is 2.27. The van der Waals surface area contributed by atoms with Crippen LogP contribution in [0.4, 0.5) is 8.78 Å². The molecule has 0 N–H and O–H groups in total. The Hall–Kier alpha value is 0.430. The third-order valence-corrected chi connectivity index (χ3v) is 3.26. The number of halogens is 5. The minimum atomic E-state index is -2.70. The topological polar surface area (TPSA) is 30.0 Å². The van der Waals surface area contributed by atoms with Crippen LogP contribution < -0.4 is 0 Å². The van der Waals surface area contributed by atoms with Crippen molar-refractivity contribution in [3.63, 3.8) is 0 Å². The van der Waals surface area contributed by atoms with Crippen LogP contribution in [0.2, 0.25) is 0 Å². The third kappa shape index (κ3) is 2.72. The molecule has 0 atom stereocenters. The number of nitrogens with zero attached hydrogens (tertiary/aromatic N) is 1. The fourth-order valence-corrected chi connectivity index (χ4v) is 2.44. The van der Waals surface area contributed by atoms with E-state index >= 15 is 0 Å². The molecule has 0 saturated carbocycles. The molecule has 1 aromatic rings. The van der Waals surface area contributed by atoms with Gasteiger partial charge in [0.05, 0.1) is 9.13 Å². The van der Waals surface area contributed by atoms with Crippen molar-refractivity contribution in [3.8, 4) is 0 Å². The van der Waals surface area contributed by atoms with Gasteiger partial charge in [-0.2, -0.15) is 0 Å². The van der Waals surface area contributed by atoms with Crippen molar-refractivity contribution in [3.05, 3.63) is 24.6 Å². The number of carbonyl (C=O) groups excluding carboxylic acids is 1. The van der Waals surface area contributed by atoms with Gasteiger partial charge in [0.1, 0.15) is 9.39 Å². The highest BCUT2D eigenvalue weighted by Crippen LogP contribution is 2.27. The van der Waals surface area contributed by atoms with Gasteiger partial charge >= 0.3 is 0 Å². The van der Waals surface area contributed by atoms with E-state index in [9.17, 15) is 13.6 Å². The summed E-state index contributed by atoms with van der Waals surface area (Å²) in [6.07, 6.45) is -2.70. The fourth-order valence-electron chi connectivity index (χ4n) is 0.804. The maximum atomic E-state index is 12.4. The molecule has 0 unspecified atom stereocenters. The normalized spacial score (nSPS) is 10.7. The molecular formula is C7H2ClF2I2NO. The molecule has 1 heterocycles. The maximum absolute atomic E-state index is 12.4. The van der Waals surface area contributed by atoms with Crippen LogP contribution >= 0.6 is 56.8 Å². The highest BCUT2D eigenvalue weighted by Gasteiger charge is 2.20. The summed E-state index contributed by atoms with van der Waals surface area (Å²) in [4.78, 5) is 14.5. The highest BCUT2D eigenvalue weighted by molar-refractivity contribution is 14.1. The van der Waals surface area contributed by atoms with Gasteiger partial charge in [0, 0.05) is 0 Å². The first-order chi connectivity index (χ1) is 6.43. The van der Waals surface area contributed by atoms with Gasteiger partial charge in [0.25, 0.3) is 11.7 Å². The largest absolute Gasteiger partial charge is 0.281 e. The van der Waals surface area contributed by atoms with Crippen LogP contribution in [0.1, 0.15) is 22.5 Å². The Morgan fingerprint density at radius 3 is 2.50 bits per heavy atom. The Bertz CT molecular complexity index is 386. The van der Waals surface area contributed by atoms with Gasteiger partial charge in [-0.1, -0.05) is 0 Å². The van der Waals surface area contributed by atoms with Crippen molar-refractivity contribution >= 4 is 62.0 Å². The molecule has 2 nitrogen and oxygen atoms in total. The molecular weight excluding hydrogens is 441 g/mol. The van der Waals surface area contributed by atoms with Gasteiger partial charge in [0.15, 0.2) is 0 Å². The van der Waals surface area contributed by atoms with Gasteiger partial charge in [-0.05, 0) is 62.8 Å². The minimum Gasteiger partial charge on any atom is -0.276 e. The van der Waals surface area contributed by atoms with E-state index in [-0.39, 0.29) is 9.13 Å². The number of alkyl halides is 2. The molecule has 0 saturated heterocycles. The average Bonchev–Trinajstić information content (AvgIpc) is 2.07. The lowest BCUT2D eigenvalue weighted by atomic mass is 10.2. The summed E-state index contributed by atoms with van der Waals surface area (Å²) < 4.78 is 25.3. The van der Waals surface area contributed by atoms with E-state index < -0.39 is 17.4 Å². The molecule has 0 amide bonds. The van der Waals surface area contributed by atoms with Crippen LogP contribution in [0.5, 0.6) is 0 Å². The highest BCUT2D eigenvalue weighted by atomic mass is 127. The van der Waals surface area contributed by atoms with Crippen LogP contribution in [0, 0.1) is 7.27 Å². The molecule has 0 bridgehead atoms. The van der Waals surface area contributed by atoms with Crippen LogP contribution in [0.15, 0.2) is 6.07 Å². The van der Waals surface area contributed by atoms with Crippen molar-refractivity contribution in [2.75, 3.05) is 0 Å². The van der Waals surface area contributed by atoms with Gasteiger partial charge in [0.2, 0.25) is 0 Å². The summed E-state index contributed by atoms with van der Waals surface area (Å²) >= 11 is 8.63. The van der Waals surface area contributed by atoms with Gasteiger partial charge in [-0.15, -0.1) is 0 Å². The zero-order chi connectivity index (χ0) is 10.9. The lowest BCUT2D eigenvalue weighted by Gasteiger charge is -2.06. The van der Waals surface area contributed by atoms with Crippen molar-refractivity contribution in [2.24, 2.45) is 0 Å². The number of hydrogen-bond donors (Lipinski definition) is 0. The summed E-state index contributed by atoms with van der Waals surface area (Å²) in [5, 5.41) is -0.753. The Balaban J connectivity index is 3.40. The molecule has 76 valence electrons. The summed E-state index contributed by atoms with van der Waals surface area (Å²) in [5.41, 5.74) is -0.330. The van der Waals surface area contributed by atoms with Crippen molar-refractivity contribution in [2.45, 2.75) is 6.43 Å². The van der Waals surface area contributed by atoms with E-state index in [0.717, 1.165) is 0 Å². The molecule has 0 fully saturated rings. The number of carbonyl (C=O) groups is 1. The van der Waals surface area contributed by atoms with Crippen LogP contribution in [-0.2, 0) is 0 Å². The molecule has 7 heteroatoms. The summed E-state index contributed by atoms with van der Waals surface area (Å²) in [6.45, 7) is 0. The number of pyridine rings is 1. The summed E-state index contributed by atoms with van der Waals surface area (Å²) in [5.74, 6) is 0. The quantitative estimate of drug-likeness (QED) is 0.397. The Morgan fingerprint density at radius 2 is 2.07 bits per heavy atom. The standard InChI is InChI=1S/C7H2ClF2I2NO/c8-6(14)2-1-3(11)13-5(4(2)12)7(9)10/h1,7H. The van der Waals surface area contributed by atoms with Gasteiger partial charge in [-0.25, -0.2) is 13.8 Å². The predicted molar refractivity (Wildman–Crippen MR) is 64.8 cm³/mol. The number of aromatic nitrogens is 1. The third-order valence-electron chi connectivity index (χ3n) is 1.37. The molecule has 0 aliphatic heterocycles. The maximum Gasteiger partial charge on any atom is 0.281 e. The molecule has 0 radical (unpaired) electrons. The minimum absolute atomic E-state index is 0.0713. The Labute approximate surface area is 111 Å². The number of rotatable bonds is 2. The summed E-state index contributed by atoms with van der Waals surface area (Å²) in [7, 11) is 0. The van der Waals surface area contributed by atoms with Crippen molar-refractivity contribution < 1.29 is 13.6 Å². The second-order valence-corrected chi connectivity index (χ2v) is 4.79. The SMILES string of the molecule is O=C(Cl)c1cc(I)nc(C(F)F)c1I. The summed E-state index contributed by atoms with van der Waals surface area (Å²) in [6, 6.07) is 1.38. The Kier molecular flexibility index (Phi) is 4.44. The first-order valence-electron chi connectivity index (χ1n) is 3.27.